The van der Waals surface area contributed by atoms with Crippen LogP contribution in [-0.2, 0) is 4.74 Å². The highest BCUT2D eigenvalue weighted by molar-refractivity contribution is 14.1. The summed E-state index contributed by atoms with van der Waals surface area (Å²) >= 11 is 7.38. The average molecular weight is 301 g/mol. The molecule has 12 heavy (non-hydrogen) atoms. The minimum atomic E-state index is -0.585. The topological polar surface area (TPSA) is 52.3 Å². The third-order valence-electron chi connectivity index (χ3n) is 1.02. The van der Waals surface area contributed by atoms with Crippen LogP contribution in [0.5, 0.6) is 0 Å². The molecule has 1 aromatic rings. The molecular formula is C6H5ClINO3. The Morgan fingerprint density at radius 2 is 2.50 bits per heavy atom. The van der Waals surface area contributed by atoms with Crippen LogP contribution in [0.1, 0.15) is 17.5 Å². The molecule has 0 bridgehead atoms. The Morgan fingerprint density at radius 3 is 2.92 bits per heavy atom. The van der Waals surface area contributed by atoms with Gasteiger partial charge in [0, 0.05) is 22.6 Å². The molecule has 0 radical (unpaired) electrons. The number of nitrogens with zero attached hydrogens (tertiary/aromatic N) is 1. The van der Waals surface area contributed by atoms with E-state index in [0.29, 0.717) is 3.90 Å². The largest absolute Gasteiger partial charge is 0.460 e. The zero-order chi connectivity index (χ0) is 9.14. The Bertz CT molecular complexity index is 299. The summed E-state index contributed by atoms with van der Waals surface area (Å²) in [6, 6.07) is 0. The number of esters is 1. The number of halogens is 2. The van der Waals surface area contributed by atoms with Crippen molar-refractivity contribution in [3.8, 4) is 0 Å². The maximum Gasteiger partial charge on any atom is 0.377 e. The molecular weight excluding hydrogens is 296 g/mol. The molecule has 0 aliphatic heterocycles. The number of carbonyl (C=O) groups is 1. The summed E-state index contributed by atoms with van der Waals surface area (Å²) in [5, 5.41) is 0.0397. The predicted molar refractivity (Wildman–Crippen MR) is 50.2 cm³/mol. The number of ether oxygens (including phenoxy) is 1. The van der Waals surface area contributed by atoms with Gasteiger partial charge in [-0.25, -0.2) is 4.79 Å². The highest BCUT2D eigenvalue weighted by atomic mass is 127. The van der Waals surface area contributed by atoms with Crippen molar-refractivity contribution in [1.82, 2.24) is 4.98 Å². The first-order valence-electron chi connectivity index (χ1n) is 3.14. The van der Waals surface area contributed by atoms with E-state index < -0.39 is 5.97 Å². The van der Waals surface area contributed by atoms with Crippen molar-refractivity contribution in [2.24, 2.45) is 0 Å². The summed E-state index contributed by atoms with van der Waals surface area (Å²) in [6.45, 7) is 1.99. The maximum absolute atomic E-state index is 11.0. The van der Waals surface area contributed by atoms with E-state index in [4.69, 9.17) is 16.0 Å². The van der Waals surface area contributed by atoms with Gasteiger partial charge >= 0.3 is 5.97 Å². The van der Waals surface area contributed by atoms with E-state index in [-0.39, 0.29) is 17.5 Å². The van der Waals surface area contributed by atoms with Crippen molar-refractivity contribution in [1.29, 1.82) is 0 Å². The third kappa shape index (κ3) is 2.10. The van der Waals surface area contributed by atoms with Crippen LogP contribution in [-0.4, -0.2) is 17.6 Å². The van der Waals surface area contributed by atoms with E-state index in [1.165, 1.54) is 0 Å². The predicted octanol–water partition coefficient (Wildman–Crippen LogP) is 2.11. The summed E-state index contributed by atoms with van der Waals surface area (Å²) in [5.74, 6) is -0.624. The van der Waals surface area contributed by atoms with Gasteiger partial charge in [0.2, 0.25) is 0 Å². The molecule has 0 aliphatic carbocycles. The van der Waals surface area contributed by atoms with Gasteiger partial charge < -0.3 is 9.15 Å². The lowest BCUT2D eigenvalue weighted by molar-refractivity contribution is 0.0488. The highest BCUT2D eigenvalue weighted by Crippen LogP contribution is 2.18. The van der Waals surface area contributed by atoms with Gasteiger partial charge in [0.1, 0.15) is 0 Å². The van der Waals surface area contributed by atoms with Gasteiger partial charge in [-0.05, 0) is 6.92 Å². The van der Waals surface area contributed by atoms with E-state index in [0.717, 1.165) is 0 Å². The molecule has 0 aromatic carbocycles. The van der Waals surface area contributed by atoms with E-state index in [1.807, 2.05) is 22.6 Å². The molecule has 0 amide bonds. The lowest BCUT2D eigenvalue weighted by Gasteiger charge is -1.95. The Kier molecular flexibility index (Phi) is 3.33. The smallest absolute Gasteiger partial charge is 0.377 e. The molecule has 0 unspecified atom stereocenters. The number of aromatic nitrogens is 1. The van der Waals surface area contributed by atoms with Crippen LogP contribution in [0.3, 0.4) is 0 Å². The van der Waals surface area contributed by atoms with E-state index in [2.05, 4.69) is 9.72 Å². The molecule has 66 valence electrons. The summed E-state index contributed by atoms with van der Waals surface area (Å²) in [5.41, 5.74) is 0. The second-order valence-corrected chi connectivity index (χ2v) is 3.09. The normalized spacial score (nSPS) is 9.92. The Balaban J connectivity index is 2.87. The zero-order valence-corrected chi connectivity index (χ0v) is 9.05. The standard InChI is InChI=1S/C6H5ClINO3/c1-2-11-5(10)3-4(7)9-6(8)12-3/h2H2,1H3. The van der Waals surface area contributed by atoms with Crippen molar-refractivity contribution < 1.29 is 13.9 Å². The van der Waals surface area contributed by atoms with E-state index >= 15 is 0 Å². The molecule has 0 fully saturated rings. The van der Waals surface area contributed by atoms with Gasteiger partial charge in [-0.3, -0.25) is 0 Å². The molecule has 0 N–H and O–H groups in total. The molecule has 1 aromatic heterocycles. The monoisotopic (exact) mass is 301 g/mol. The van der Waals surface area contributed by atoms with Crippen LogP contribution in [0.4, 0.5) is 0 Å². The van der Waals surface area contributed by atoms with Crippen molar-refractivity contribution in [2.75, 3.05) is 6.61 Å². The molecule has 6 heteroatoms. The summed E-state index contributed by atoms with van der Waals surface area (Å²) in [6.07, 6.45) is 0. The van der Waals surface area contributed by atoms with Gasteiger partial charge in [0.25, 0.3) is 9.66 Å². The van der Waals surface area contributed by atoms with Crippen LogP contribution in [0, 0.1) is 3.90 Å². The fraction of sp³-hybridized carbons (Fsp3) is 0.333. The molecule has 0 aliphatic rings. The SMILES string of the molecule is CCOC(=O)c1oc(I)nc1Cl. The van der Waals surface area contributed by atoms with Crippen LogP contribution in [0.2, 0.25) is 5.15 Å². The summed E-state index contributed by atoms with van der Waals surface area (Å²) < 4.78 is 9.88. The fourth-order valence-electron chi connectivity index (χ4n) is 0.600. The van der Waals surface area contributed by atoms with E-state index in [9.17, 15) is 4.79 Å². The van der Waals surface area contributed by atoms with Gasteiger partial charge in [-0.2, -0.15) is 4.98 Å². The number of carbonyl (C=O) groups excluding carboxylic acids is 1. The lowest BCUT2D eigenvalue weighted by Crippen LogP contribution is -2.03. The number of rotatable bonds is 2. The molecule has 4 nitrogen and oxygen atoms in total. The number of oxazole rings is 1. The second kappa shape index (κ2) is 4.08. The van der Waals surface area contributed by atoms with Gasteiger partial charge in [-0.1, -0.05) is 11.6 Å². The van der Waals surface area contributed by atoms with Crippen LogP contribution >= 0.6 is 34.2 Å². The molecule has 1 heterocycles. The lowest BCUT2D eigenvalue weighted by atomic mass is 10.5. The zero-order valence-electron chi connectivity index (χ0n) is 6.13. The molecule has 0 atom stereocenters. The van der Waals surface area contributed by atoms with Crippen molar-refractivity contribution >= 4 is 40.2 Å². The number of hydrogen-bond donors (Lipinski definition) is 0. The van der Waals surface area contributed by atoms with E-state index in [1.54, 1.807) is 6.92 Å². The Morgan fingerprint density at radius 1 is 1.83 bits per heavy atom. The van der Waals surface area contributed by atoms with Crippen molar-refractivity contribution in [3.05, 3.63) is 14.8 Å². The first-order chi connectivity index (χ1) is 5.65. The van der Waals surface area contributed by atoms with Gasteiger partial charge in [0.05, 0.1) is 6.61 Å². The highest BCUT2D eigenvalue weighted by Gasteiger charge is 2.18. The maximum atomic E-state index is 11.0. The van der Waals surface area contributed by atoms with Crippen LogP contribution < -0.4 is 0 Å². The average Bonchev–Trinajstić information content (AvgIpc) is 2.30. The number of hydrogen-bond acceptors (Lipinski definition) is 4. The van der Waals surface area contributed by atoms with Crippen molar-refractivity contribution in [2.45, 2.75) is 6.92 Å². The second-order valence-electron chi connectivity index (χ2n) is 1.81. The molecule has 0 spiro atoms. The minimum Gasteiger partial charge on any atom is -0.460 e. The first-order valence-corrected chi connectivity index (χ1v) is 4.59. The Hall–Kier alpha value is -0.300. The van der Waals surface area contributed by atoms with Gasteiger partial charge in [0.15, 0.2) is 5.15 Å². The quantitative estimate of drug-likeness (QED) is 0.620. The summed E-state index contributed by atoms with van der Waals surface area (Å²) in [4.78, 5) is 14.7. The van der Waals surface area contributed by atoms with Gasteiger partial charge in [-0.15, -0.1) is 0 Å². The Labute approximate surface area is 87.4 Å². The third-order valence-corrected chi connectivity index (χ3v) is 1.74. The molecule has 1 rings (SSSR count). The first kappa shape index (κ1) is 9.79. The molecule has 0 saturated carbocycles. The van der Waals surface area contributed by atoms with Crippen LogP contribution in [0.15, 0.2) is 4.42 Å². The molecule has 0 saturated heterocycles. The van der Waals surface area contributed by atoms with Crippen LogP contribution in [0.25, 0.3) is 0 Å². The fourth-order valence-corrected chi connectivity index (χ4v) is 1.40. The minimum absolute atomic E-state index is 0.0390. The van der Waals surface area contributed by atoms with Crippen molar-refractivity contribution in [3.63, 3.8) is 0 Å². The summed E-state index contributed by atoms with van der Waals surface area (Å²) in [7, 11) is 0.